The molecule has 2 aromatic heterocycles. The first-order valence-electron chi connectivity index (χ1n) is 20.9. The van der Waals surface area contributed by atoms with Crippen LogP contribution in [0.15, 0.2) is 128 Å². The summed E-state index contributed by atoms with van der Waals surface area (Å²) in [6.45, 7) is 0.467. The Labute approximate surface area is 372 Å². The number of alkyl halides is 3. The highest BCUT2D eigenvalue weighted by Gasteiger charge is 2.59. The number of carbonyl (C=O) groups excluding carboxylic acids is 2. The average Bonchev–Trinajstić information content (AvgIpc) is 3.85. The number of carbonyl (C=O) groups is 2. The molecule has 16 heteroatoms. The largest absolute Gasteiger partial charge is 0.419 e. The minimum atomic E-state index is -4.88. The van der Waals surface area contributed by atoms with Gasteiger partial charge in [0.2, 0.25) is 5.91 Å². The molecule has 0 bridgehead atoms. The zero-order valence-electron chi connectivity index (χ0n) is 34.5. The lowest BCUT2D eigenvalue weighted by Gasteiger charge is -2.43. The molecule has 1 aliphatic heterocycles. The SMILES string of the molecule is N#Cc1ncc(N2C(=O)C3(CCC3)N(Cc3ccc(-c4cn(CCCCCCC(=O)NOC(c5ccccc5)(c5ccccc5)c5ccccc5)nn4)cc3F)C2=S)cc1C(F)(F)F. The van der Waals surface area contributed by atoms with Crippen LogP contribution >= 0.6 is 12.2 Å². The fourth-order valence-electron chi connectivity index (χ4n) is 8.38. The predicted octanol–water partition coefficient (Wildman–Crippen LogP) is 9.42. The summed E-state index contributed by atoms with van der Waals surface area (Å²) in [5.74, 6) is -1.31. The summed E-state index contributed by atoms with van der Waals surface area (Å²) >= 11 is 5.64. The normalized spacial score (nSPS) is 14.7. The summed E-state index contributed by atoms with van der Waals surface area (Å²) in [6, 6.07) is 36.1. The fourth-order valence-corrected chi connectivity index (χ4v) is 8.80. The molecule has 8 rings (SSSR count). The summed E-state index contributed by atoms with van der Waals surface area (Å²) in [4.78, 5) is 39.6. The number of hydroxylamine groups is 1. The van der Waals surface area contributed by atoms with Crippen LogP contribution < -0.4 is 10.4 Å². The number of rotatable bonds is 16. The highest BCUT2D eigenvalue weighted by Crippen LogP contribution is 2.47. The molecule has 0 unspecified atom stereocenters. The van der Waals surface area contributed by atoms with E-state index in [4.69, 9.17) is 17.1 Å². The maximum absolute atomic E-state index is 15.8. The Balaban J connectivity index is 0.841. The molecule has 4 aromatic carbocycles. The number of pyridine rings is 1. The second-order valence-electron chi connectivity index (χ2n) is 15.8. The van der Waals surface area contributed by atoms with Gasteiger partial charge in [-0.05, 0) is 73.1 Å². The van der Waals surface area contributed by atoms with Crippen molar-refractivity contribution in [2.45, 2.75) is 81.8 Å². The molecule has 6 aromatic rings. The zero-order valence-corrected chi connectivity index (χ0v) is 35.3. The lowest BCUT2D eigenvalue weighted by molar-refractivity contribution is -0.143. The first-order chi connectivity index (χ1) is 30.9. The van der Waals surface area contributed by atoms with E-state index in [1.54, 1.807) is 27.9 Å². The van der Waals surface area contributed by atoms with Gasteiger partial charge in [0.05, 0.1) is 23.6 Å². The van der Waals surface area contributed by atoms with E-state index in [1.807, 2.05) is 91.0 Å². The van der Waals surface area contributed by atoms with Gasteiger partial charge >= 0.3 is 6.18 Å². The van der Waals surface area contributed by atoms with Gasteiger partial charge in [0.15, 0.2) is 16.4 Å². The molecule has 1 aliphatic carbocycles. The number of aryl methyl sites for hydroxylation is 1. The minimum Gasteiger partial charge on any atom is -0.329 e. The average molecular weight is 887 g/mol. The van der Waals surface area contributed by atoms with Crippen molar-refractivity contribution in [3.05, 3.63) is 167 Å². The van der Waals surface area contributed by atoms with Gasteiger partial charge in [-0.25, -0.2) is 14.9 Å². The van der Waals surface area contributed by atoms with Gasteiger partial charge in [-0.2, -0.15) is 18.4 Å². The summed E-state index contributed by atoms with van der Waals surface area (Å²) < 4.78 is 58.7. The summed E-state index contributed by atoms with van der Waals surface area (Å²) in [6.07, 6.45) is 2.67. The smallest absolute Gasteiger partial charge is 0.329 e. The van der Waals surface area contributed by atoms with E-state index in [0.717, 1.165) is 47.0 Å². The van der Waals surface area contributed by atoms with Crippen LogP contribution in [0.4, 0.5) is 23.2 Å². The van der Waals surface area contributed by atoms with Gasteiger partial charge in [0.25, 0.3) is 5.91 Å². The molecule has 11 nitrogen and oxygen atoms in total. The molecule has 2 aliphatic rings. The third kappa shape index (κ3) is 8.60. The topological polar surface area (TPSA) is 129 Å². The standard InChI is InChI=1S/C48H42F4N8O3S/c49-40-27-33(22-23-34(40)31-59-45(64)60(44(62)46(59)24-14-25-46)38-28-39(48(50,51)52)41(29-53)54-30-38)42-32-58(57-55-42)26-13-2-1-12-21-43(61)56-63-47(35-15-6-3-7-16-35,36-17-8-4-9-18-36)37-19-10-5-11-20-37/h3-11,15-20,22-23,27-28,30,32H,1-2,12-14,21,24-26,31H2,(H,56,61). The van der Waals surface area contributed by atoms with E-state index < -0.39 is 40.3 Å². The number of halogens is 4. The van der Waals surface area contributed by atoms with Crippen molar-refractivity contribution in [1.29, 1.82) is 5.26 Å². The maximum atomic E-state index is 15.8. The quantitative estimate of drug-likeness (QED) is 0.0332. The molecule has 2 amide bonds. The lowest BCUT2D eigenvalue weighted by Crippen LogP contribution is -2.54. The Hall–Kier alpha value is -6.83. The molecule has 1 spiro atoms. The second kappa shape index (κ2) is 18.5. The van der Waals surface area contributed by atoms with Crippen molar-refractivity contribution in [1.82, 2.24) is 30.4 Å². The van der Waals surface area contributed by atoms with Crippen LogP contribution in [0.2, 0.25) is 0 Å². The van der Waals surface area contributed by atoms with Crippen LogP contribution in [0.5, 0.6) is 0 Å². The number of nitriles is 1. The fraction of sp³-hybridized carbons (Fsp3) is 0.271. The van der Waals surface area contributed by atoms with Crippen molar-refractivity contribution < 1.29 is 32.0 Å². The summed E-state index contributed by atoms with van der Waals surface area (Å²) in [5.41, 5.74) is 2.06. The molecule has 0 atom stereocenters. The van der Waals surface area contributed by atoms with Crippen molar-refractivity contribution in [2.75, 3.05) is 4.90 Å². The van der Waals surface area contributed by atoms with Crippen molar-refractivity contribution >= 4 is 34.8 Å². The number of hydrogen-bond donors (Lipinski definition) is 1. The van der Waals surface area contributed by atoms with E-state index in [0.29, 0.717) is 49.6 Å². The molecule has 1 N–H and O–H groups in total. The van der Waals surface area contributed by atoms with E-state index in [2.05, 4.69) is 20.8 Å². The Morgan fingerprint density at radius 2 is 1.50 bits per heavy atom. The number of amides is 2. The number of nitrogens with one attached hydrogen (secondary N) is 1. The van der Waals surface area contributed by atoms with Gasteiger partial charge in [0, 0.05) is 30.6 Å². The van der Waals surface area contributed by atoms with Crippen LogP contribution in [0.3, 0.4) is 0 Å². The van der Waals surface area contributed by atoms with Gasteiger partial charge in [-0.1, -0.05) is 121 Å². The third-order valence-corrected chi connectivity index (χ3v) is 12.3. The molecule has 0 radical (unpaired) electrons. The van der Waals surface area contributed by atoms with Crippen molar-refractivity contribution in [3.8, 4) is 17.3 Å². The van der Waals surface area contributed by atoms with E-state index in [1.165, 1.54) is 12.1 Å². The van der Waals surface area contributed by atoms with Crippen LogP contribution in [0.25, 0.3) is 11.3 Å². The highest BCUT2D eigenvalue weighted by atomic mass is 32.1. The number of benzene rings is 4. The molecule has 326 valence electrons. The number of anilines is 1. The molecule has 1 saturated carbocycles. The maximum Gasteiger partial charge on any atom is 0.419 e. The van der Waals surface area contributed by atoms with E-state index in [-0.39, 0.29) is 35.2 Å². The predicted molar refractivity (Wildman–Crippen MR) is 233 cm³/mol. The van der Waals surface area contributed by atoms with Crippen molar-refractivity contribution in [2.24, 2.45) is 0 Å². The number of nitrogens with zero attached hydrogens (tertiary/aromatic N) is 7. The number of unbranched alkanes of at least 4 members (excludes halogenated alkanes) is 3. The molecule has 64 heavy (non-hydrogen) atoms. The van der Waals surface area contributed by atoms with E-state index in [9.17, 15) is 28.0 Å². The third-order valence-electron chi connectivity index (χ3n) is 11.9. The van der Waals surface area contributed by atoms with Gasteiger partial charge in [0.1, 0.15) is 23.1 Å². The Morgan fingerprint density at radius 1 is 0.875 bits per heavy atom. The Kier molecular flexibility index (Phi) is 12.7. The number of thiocarbonyl (C=S) groups is 1. The molecule has 2 fully saturated rings. The lowest BCUT2D eigenvalue weighted by atomic mass is 9.75. The summed E-state index contributed by atoms with van der Waals surface area (Å²) in [7, 11) is 0. The number of hydrogen-bond acceptors (Lipinski definition) is 8. The van der Waals surface area contributed by atoms with Gasteiger partial charge < -0.3 is 4.90 Å². The summed E-state index contributed by atoms with van der Waals surface area (Å²) in [5, 5.41) is 17.6. The molecule has 3 heterocycles. The zero-order chi connectivity index (χ0) is 44.9. The van der Waals surface area contributed by atoms with Gasteiger partial charge in [-0.15, -0.1) is 5.10 Å². The molecule has 1 saturated heterocycles. The highest BCUT2D eigenvalue weighted by molar-refractivity contribution is 7.80. The minimum absolute atomic E-state index is 0.0689. The first kappa shape index (κ1) is 43.8. The second-order valence-corrected chi connectivity index (χ2v) is 16.2. The monoisotopic (exact) mass is 886 g/mol. The van der Waals surface area contributed by atoms with Crippen LogP contribution in [0.1, 0.15) is 84.9 Å². The number of aromatic nitrogens is 4. The molecular weight excluding hydrogens is 845 g/mol. The Bertz CT molecular complexity index is 2590. The van der Waals surface area contributed by atoms with Gasteiger partial charge in [-0.3, -0.25) is 24.0 Å². The Morgan fingerprint density at radius 3 is 2.06 bits per heavy atom. The van der Waals surface area contributed by atoms with Crippen LogP contribution in [0, 0.1) is 17.1 Å². The van der Waals surface area contributed by atoms with E-state index >= 15 is 4.39 Å². The first-order valence-corrected chi connectivity index (χ1v) is 21.3. The van der Waals surface area contributed by atoms with Crippen LogP contribution in [-0.2, 0) is 39.3 Å². The van der Waals surface area contributed by atoms with Crippen LogP contribution in [-0.4, -0.2) is 47.3 Å². The van der Waals surface area contributed by atoms with Crippen molar-refractivity contribution in [3.63, 3.8) is 0 Å². The molecular formula is C48H42F4N8O3S.